The normalized spacial score (nSPS) is 13.2. The Morgan fingerprint density at radius 2 is 1.85 bits per heavy atom. The van der Waals surface area contributed by atoms with Crippen LogP contribution in [0.3, 0.4) is 0 Å². The zero-order valence-electron chi connectivity index (χ0n) is 23.5. The second-order valence-electron chi connectivity index (χ2n) is 10.9. The van der Waals surface area contributed by atoms with Gasteiger partial charge in [-0.2, -0.15) is 5.10 Å². The molecule has 0 unspecified atom stereocenters. The molecule has 1 aliphatic rings. The molecule has 1 saturated carbocycles. The number of fused-ring (bicyclic) bond motifs is 1. The Morgan fingerprint density at radius 3 is 2.46 bits per heavy atom. The number of likely N-dealkylation sites (N-methyl/N-ethyl adjacent to an activating group) is 1. The number of aromatic nitrogens is 4. The zero-order chi connectivity index (χ0) is 28.5. The van der Waals surface area contributed by atoms with E-state index in [0.717, 1.165) is 18.4 Å². The van der Waals surface area contributed by atoms with Crippen LogP contribution in [0.25, 0.3) is 5.65 Å². The fourth-order valence-electron chi connectivity index (χ4n) is 3.91. The van der Waals surface area contributed by atoms with E-state index in [2.05, 4.69) is 10.2 Å². The highest BCUT2D eigenvalue weighted by atomic mass is 16.6. The van der Waals surface area contributed by atoms with E-state index in [0.29, 0.717) is 40.8 Å². The lowest BCUT2D eigenvalue weighted by Crippen LogP contribution is -2.36. The molecule has 3 heterocycles. The summed E-state index contributed by atoms with van der Waals surface area (Å²) in [6.07, 6.45) is 6.06. The molecule has 0 atom stereocenters. The quantitative estimate of drug-likeness (QED) is 0.381. The number of ether oxygens (including phenoxy) is 2. The fraction of sp³-hybridized carbons (Fsp3) is 0.481. The van der Waals surface area contributed by atoms with Gasteiger partial charge < -0.3 is 23.7 Å². The van der Waals surface area contributed by atoms with Crippen molar-refractivity contribution in [2.45, 2.75) is 58.7 Å². The maximum atomic E-state index is 12.6. The van der Waals surface area contributed by atoms with Crippen molar-refractivity contribution in [3.8, 4) is 5.75 Å². The maximum Gasteiger partial charge on any atom is 0.415 e. The summed E-state index contributed by atoms with van der Waals surface area (Å²) in [5.74, 6) is 0.780. The molecule has 0 bridgehead atoms. The molecule has 0 aromatic carbocycles. The summed E-state index contributed by atoms with van der Waals surface area (Å²) >= 11 is 0. The van der Waals surface area contributed by atoms with Crippen LogP contribution in [0.15, 0.2) is 24.5 Å². The van der Waals surface area contributed by atoms with Crippen LogP contribution in [0.4, 0.5) is 16.3 Å². The van der Waals surface area contributed by atoms with Crippen LogP contribution in [0.1, 0.15) is 56.5 Å². The largest absolute Gasteiger partial charge is 0.483 e. The molecule has 0 N–H and O–H groups in total. The highest BCUT2D eigenvalue weighted by molar-refractivity contribution is 5.92. The molecular formula is C27H35N7O5. The first-order valence-corrected chi connectivity index (χ1v) is 12.7. The van der Waals surface area contributed by atoms with E-state index in [9.17, 15) is 14.4 Å². The topological polar surface area (TPSA) is 122 Å². The lowest BCUT2D eigenvalue weighted by Gasteiger charge is -2.24. The van der Waals surface area contributed by atoms with Crippen molar-refractivity contribution >= 4 is 35.6 Å². The van der Waals surface area contributed by atoms with Gasteiger partial charge in [-0.3, -0.25) is 14.5 Å². The van der Waals surface area contributed by atoms with E-state index in [-0.39, 0.29) is 24.9 Å². The van der Waals surface area contributed by atoms with E-state index < -0.39 is 11.7 Å². The van der Waals surface area contributed by atoms with Crippen LogP contribution in [0, 0.1) is 6.92 Å². The minimum Gasteiger partial charge on any atom is -0.483 e. The average Bonchev–Trinajstić information content (AvgIpc) is 3.63. The van der Waals surface area contributed by atoms with Crippen molar-refractivity contribution in [1.82, 2.24) is 24.5 Å². The van der Waals surface area contributed by atoms with Gasteiger partial charge in [0.05, 0.1) is 17.1 Å². The molecule has 3 aromatic rings. The van der Waals surface area contributed by atoms with Crippen LogP contribution < -0.4 is 14.5 Å². The summed E-state index contributed by atoms with van der Waals surface area (Å²) in [5, 5.41) is 8.22. The third-order valence-electron chi connectivity index (χ3n) is 6.12. The van der Waals surface area contributed by atoms with Gasteiger partial charge in [-0.05, 0) is 58.1 Å². The monoisotopic (exact) mass is 537 g/mol. The molecule has 3 aromatic heterocycles. The Morgan fingerprint density at radius 1 is 1.13 bits per heavy atom. The first-order chi connectivity index (χ1) is 18.4. The van der Waals surface area contributed by atoms with E-state index >= 15 is 0 Å². The third kappa shape index (κ3) is 6.62. The van der Waals surface area contributed by atoms with Gasteiger partial charge in [-0.1, -0.05) is 0 Å². The minimum atomic E-state index is -0.676. The number of carbonyl (C=O) groups is 3. The molecule has 3 amide bonds. The van der Waals surface area contributed by atoms with E-state index in [1.165, 1.54) is 14.7 Å². The summed E-state index contributed by atoms with van der Waals surface area (Å²) < 4.78 is 13.4. The molecule has 0 aliphatic heterocycles. The Kier molecular flexibility index (Phi) is 7.75. The van der Waals surface area contributed by atoms with Gasteiger partial charge in [0, 0.05) is 39.6 Å². The SMILES string of the molecule is Cc1cc(OCc2cn3cc(C4CC4)cc(N(C=O)CC(=O)N(C)C)c3n2)c(N(C)C(=O)OC(C)(C)C)nn1. The van der Waals surface area contributed by atoms with Gasteiger partial charge in [0.15, 0.2) is 11.4 Å². The number of carbonyl (C=O) groups excluding carboxylic acids is 3. The molecule has 208 valence electrons. The molecule has 1 aliphatic carbocycles. The predicted molar refractivity (Wildman–Crippen MR) is 145 cm³/mol. The number of rotatable bonds is 9. The van der Waals surface area contributed by atoms with Gasteiger partial charge in [0.1, 0.15) is 18.8 Å². The number of imidazole rings is 1. The van der Waals surface area contributed by atoms with Crippen molar-refractivity contribution in [3.63, 3.8) is 0 Å². The number of hydrogen-bond acceptors (Lipinski definition) is 8. The van der Waals surface area contributed by atoms with Gasteiger partial charge in [-0.15, -0.1) is 5.10 Å². The van der Waals surface area contributed by atoms with Crippen LogP contribution in [0.5, 0.6) is 5.75 Å². The second-order valence-corrected chi connectivity index (χ2v) is 10.9. The van der Waals surface area contributed by atoms with Crippen LogP contribution >= 0.6 is 0 Å². The minimum absolute atomic E-state index is 0.0674. The Hall–Kier alpha value is -4.22. The first-order valence-electron chi connectivity index (χ1n) is 12.7. The molecular weight excluding hydrogens is 502 g/mol. The number of nitrogens with zero attached hydrogens (tertiary/aromatic N) is 7. The zero-order valence-corrected chi connectivity index (χ0v) is 23.5. The Balaban J connectivity index is 1.63. The average molecular weight is 538 g/mol. The molecule has 12 heteroatoms. The van der Waals surface area contributed by atoms with Crippen LogP contribution in [-0.2, 0) is 20.9 Å². The lowest BCUT2D eigenvalue weighted by molar-refractivity contribution is -0.128. The summed E-state index contributed by atoms with van der Waals surface area (Å²) in [6, 6.07) is 3.63. The Bertz CT molecular complexity index is 1390. The van der Waals surface area contributed by atoms with Gasteiger partial charge >= 0.3 is 6.09 Å². The first kappa shape index (κ1) is 27.8. The lowest BCUT2D eigenvalue weighted by atomic mass is 10.1. The molecule has 12 nitrogen and oxygen atoms in total. The van der Waals surface area contributed by atoms with Crippen molar-refractivity contribution in [1.29, 1.82) is 0 Å². The van der Waals surface area contributed by atoms with E-state index in [1.807, 2.05) is 22.9 Å². The van der Waals surface area contributed by atoms with Gasteiger partial charge in [-0.25, -0.2) is 9.78 Å². The molecule has 0 saturated heterocycles. The number of pyridine rings is 1. The van der Waals surface area contributed by atoms with E-state index in [1.54, 1.807) is 54.9 Å². The highest BCUT2D eigenvalue weighted by Crippen LogP contribution is 2.41. The van der Waals surface area contributed by atoms with E-state index in [4.69, 9.17) is 14.5 Å². The van der Waals surface area contributed by atoms with Crippen molar-refractivity contribution in [3.05, 3.63) is 41.5 Å². The number of amides is 3. The summed E-state index contributed by atoms with van der Waals surface area (Å²) in [4.78, 5) is 45.9. The molecule has 4 rings (SSSR count). The number of anilines is 2. The molecule has 1 fully saturated rings. The third-order valence-corrected chi connectivity index (χ3v) is 6.12. The standard InChI is InChI=1S/C27H35N7O5/c1-17-10-22(25(30-29-17)32(7)26(37)39-27(2,3)4)38-15-20-13-33-12-19(18-8-9-18)11-21(24(33)28-20)34(16-35)14-23(36)31(5)6/h10-13,16,18H,8-9,14-15H2,1-7H3. The number of aryl methyl sites for hydroxylation is 1. The van der Waals surface area contributed by atoms with Crippen LogP contribution in [0.2, 0.25) is 0 Å². The van der Waals surface area contributed by atoms with Gasteiger partial charge in [0.25, 0.3) is 0 Å². The van der Waals surface area contributed by atoms with Crippen molar-refractivity contribution in [2.75, 3.05) is 37.5 Å². The van der Waals surface area contributed by atoms with Crippen LogP contribution in [-0.4, -0.2) is 76.2 Å². The van der Waals surface area contributed by atoms with Crippen molar-refractivity contribution < 1.29 is 23.9 Å². The molecule has 0 spiro atoms. The Labute approximate surface area is 227 Å². The second kappa shape index (κ2) is 10.9. The maximum absolute atomic E-state index is 12.6. The molecule has 0 radical (unpaired) electrons. The summed E-state index contributed by atoms with van der Waals surface area (Å²) in [5.41, 5.74) is 2.71. The summed E-state index contributed by atoms with van der Waals surface area (Å²) in [7, 11) is 4.84. The van der Waals surface area contributed by atoms with Gasteiger partial charge in [0.2, 0.25) is 18.1 Å². The number of hydrogen-bond donors (Lipinski definition) is 0. The van der Waals surface area contributed by atoms with Crippen molar-refractivity contribution in [2.24, 2.45) is 0 Å². The molecule has 39 heavy (non-hydrogen) atoms. The fourth-order valence-corrected chi connectivity index (χ4v) is 3.91. The summed E-state index contributed by atoms with van der Waals surface area (Å²) in [6.45, 7) is 7.10. The smallest absolute Gasteiger partial charge is 0.415 e. The predicted octanol–water partition coefficient (Wildman–Crippen LogP) is 3.31. The highest BCUT2D eigenvalue weighted by Gasteiger charge is 2.28.